The molecule has 2 aromatic heterocycles. The van der Waals surface area contributed by atoms with E-state index in [0.717, 1.165) is 16.7 Å². The van der Waals surface area contributed by atoms with Gasteiger partial charge in [-0.25, -0.2) is 12.4 Å². The topological polar surface area (TPSA) is 52.0 Å². The summed E-state index contributed by atoms with van der Waals surface area (Å²) < 4.78 is 27.1. The number of aromatic nitrogens is 2. The average molecular weight is 312 g/mol. The Balaban J connectivity index is 2.24. The van der Waals surface area contributed by atoms with E-state index < -0.39 is 10.0 Å². The lowest BCUT2D eigenvalue weighted by Crippen LogP contribution is -2.13. The van der Waals surface area contributed by atoms with Gasteiger partial charge in [-0.3, -0.25) is 4.98 Å². The molecule has 3 aromatic rings. The summed E-state index contributed by atoms with van der Waals surface area (Å²) in [6, 6.07) is 12.8. The molecular formula is C17H16N2O2S. The van der Waals surface area contributed by atoms with E-state index >= 15 is 0 Å². The Hall–Kier alpha value is -2.40. The number of hydrogen-bond acceptors (Lipinski definition) is 3. The van der Waals surface area contributed by atoms with Gasteiger partial charge in [0.15, 0.2) is 0 Å². The van der Waals surface area contributed by atoms with E-state index in [1.165, 1.54) is 10.2 Å². The lowest BCUT2D eigenvalue weighted by molar-refractivity contribution is 0.587. The second-order valence-corrected chi connectivity index (χ2v) is 7.02. The third-order valence-electron chi connectivity index (χ3n) is 3.53. The van der Waals surface area contributed by atoms with Crippen molar-refractivity contribution < 1.29 is 8.42 Å². The summed E-state index contributed by atoms with van der Waals surface area (Å²) in [6.07, 6.45) is 4.57. The SMILES string of the molecule is Cc1cc(-c2ccccc2C)n(S(=O)(=O)c2cccnc2)c1. The number of hydrogen-bond donors (Lipinski definition) is 0. The van der Waals surface area contributed by atoms with Gasteiger partial charge >= 0.3 is 0 Å². The van der Waals surface area contributed by atoms with E-state index in [1.54, 1.807) is 24.5 Å². The molecule has 0 aliphatic carbocycles. The van der Waals surface area contributed by atoms with Gasteiger partial charge in [0, 0.05) is 24.2 Å². The molecule has 1 aromatic carbocycles. The molecule has 0 fully saturated rings. The first kappa shape index (κ1) is 14.5. The molecule has 3 rings (SSSR count). The lowest BCUT2D eigenvalue weighted by atomic mass is 10.1. The molecule has 22 heavy (non-hydrogen) atoms. The molecule has 112 valence electrons. The average Bonchev–Trinajstić information content (AvgIpc) is 2.91. The van der Waals surface area contributed by atoms with E-state index in [2.05, 4.69) is 4.98 Å². The van der Waals surface area contributed by atoms with Crippen molar-refractivity contribution in [2.24, 2.45) is 0 Å². The summed E-state index contributed by atoms with van der Waals surface area (Å²) in [7, 11) is -3.66. The number of benzene rings is 1. The first-order valence-corrected chi connectivity index (χ1v) is 8.35. The van der Waals surface area contributed by atoms with Crippen molar-refractivity contribution >= 4 is 10.0 Å². The van der Waals surface area contributed by atoms with Crippen LogP contribution < -0.4 is 0 Å². The molecule has 0 amide bonds. The van der Waals surface area contributed by atoms with Crippen molar-refractivity contribution in [1.29, 1.82) is 0 Å². The highest BCUT2D eigenvalue weighted by Gasteiger charge is 2.21. The summed E-state index contributed by atoms with van der Waals surface area (Å²) in [4.78, 5) is 4.09. The maximum atomic E-state index is 12.9. The Bertz CT molecular complexity index is 913. The molecule has 0 aliphatic heterocycles. The molecule has 0 atom stereocenters. The molecule has 0 spiro atoms. The molecule has 0 aliphatic rings. The summed E-state index contributed by atoms with van der Waals surface area (Å²) >= 11 is 0. The smallest absolute Gasteiger partial charge is 0.263 e. The van der Waals surface area contributed by atoms with E-state index in [0.29, 0.717) is 5.69 Å². The van der Waals surface area contributed by atoms with Crippen molar-refractivity contribution in [2.45, 2.75) is 18.7 Å². The van der Waals surface area contributed by atoms with Gasteiger partial charge in [-0.1, -0.05) is 24.3 Å². The van der Waals surface area contributed by atoms with Crippen LogP contribution in [0.25, 0.3) is 11.3 Å². The molecular weight excluding hydrogens is 296 g/mol. The second kappa shape index (κ2) is 5.42. The quantitative estimate of drug-likeness (QED) is 0.745. The van der Waals surface area contributed by atoms with Gasteiger partial charge in [-0.2, -0.15) is 0 Å². The Kier molecular flexibility index (Phi) is 3.58. The summed E-state index contributed by atoms with van der Waals surface area (Å²) in [5.74, 6) is 0. The van der Waals surface area contributed by atoms with Crippen molar-refractivity contribution in [2.75, 3.05) is 0 Å². The molecule has 2 heterocycles. The van der Waals surface area contributed by atoms with Crippen LogP contribution in [0, 0.1) is 13.8 Å². The highest BCUT2D eigenvalue weighted by atomic mass is 32.2. The van der Waals surface area contributed by atoms with Gasteiger partial charge in [0.25, 0.3) is 10.0 Å². The fourth-order valence-corrected chi connectivity index (χ4v) is 3.83. The van der Waals surface area contributed by atoms with Crippen LogP contribution in [-0.4, -0.2) is 17.4 Å². The second-order valence-electron chi connectivity index (χ2n) is 5.21. The summed E-state index contributed by atoms with van der Waals surface area (Å²) in [5, 5.41) is 0. The van der Waals surface area contributed by atoms with Gasteiger partial charge in [-0.05, 0) is 43.2 Å². The summed E-state index contributed by atoms with van der Waals surface area (Å²) in [5.41, 5.74) is 3.50. The van der Waals surface area contributed by atoms with Crippen molar-refractivity contribution in [3.05, 3.63) is 72.2 Å². The van der Waals surface area contributed by atoms with Gasteiger partial charge in [0.1, 0.15) is 4.90 Å². The van der Waals surface area contributed by atoms with Crippen LogP contribution in [0.5, 0.6) is 0 Å². The fourth-order valence-electron chi connectivity index (χ4n) is 2.44. The lowest BCUT2D eigenvalue weighted by Gasteiger charge is -2.12. The number of pyridine rings is 1. The zero-order chi connectivity index (χ0) is 15.7. The normalized spacial score (nSPS) is 11.5. The van der Waals surface area contributed by atoms with Crippen LogP contribution in [0.1, 0.15) is 11.1 Å². The first-order valence-electron chi connectivity index (χ1n) is 6.91. The predicted octanol–water partition coefficient (Wildman–Crippen LogP) is 3.40. The van der Waals surface area contributed by atoms with Crippen LogP contribution in [0.15, 0.2) is 66.0 Å². The van der Waals surface area contributed by atoms with E-state index in [1.807, 2.05) is 44.2 Å². The van der Waals surface area contributed by atoms with Crippen LogP contribution >= 0.6 is 0 Å². The van der Waals surface area contributed by atoms with Gasteiger partial charge in [0.05, 0.1) is 5.69 Å². The zero-order valence-corrected chi connectivity index (χ0v) is 13.2. The first-order chi connectivity index (χ1) is 10.5. The van der Waals surface area contributed by atoms with Crippen LogP contribution in [0.2, 0.25) is 0 Å². The zero-order valence-electron chi connectivity index (χ0n) is 12.4. The predicted molar refractivity (Wildman–Crippen MR) is 86.2 cm³/mol. The van der Waals surface area contributed by atoms with Gasteiger partial charge in [-0.15, -0.1) is 0 Å². The van der Waals surface area contributed by atoms with Crippen LogP contribution in [-0.2, 0) is 10.0 Å². The third-order valence-corrected chi connectivity index (χ3v) is 5.19. The number of nitrogens with zero attached hydrogens (tertiary/aromatic N) is 2. The molecule has 0 N–H and O–H groups in total. The summed E-state index contributed by atoms with van der Waals surface area (Å²) in [6.45, 7) is 3.86. The van der Waals surface area contributed by atoms with E-state index in [9.17, 15) is 8.42 Å². The monoisotopic (exact) mass is 312 g/mol. The molecule has 0 saturated carbocycles. The highest BCUT2D eigenvalue weighted by molar-refractivity contribution is 7.90. The van der Waals surface area contributed by atoms with Crippen LogP contribution in [0.4, 0.5) is 0 Å². The Morgan fingerprint density at radius 2 is 1.82 bits per heavy atom. The molecule has 4 nitrogen and oxygen atoms in total. The highest BCUT2D eigenvalue weighted by Crippen LogP contribution is 2.28. The third kappa shape index (κ3) is 2.44. The standard InChI is InChI=1S/C17H16N2O2S/c1-13-10-17(16-8-4-3-6-14(16)2)19(12-13)22(20,21)15-7-5-9-18-11-15/h3-12H,1-2H3. The van der Waals surface area contributed by atoms with Crippen LogP contribution in [0.3, 0.4) is 0 Å². The van der Waals surface area contributed by atoms with E-state index in [4.69, 9.17) is 0 Å². The van der Waals surface area contributed by atoms with Gasteiger partial charge in [0.2, 0.25) is 0 Å². The minimum atomic E-state index is -3.66. The Labute approximate surface area is 130 Å². The van der Waals surface area contributed by atoms with E-state index in [-0.39, 0.29) is 4.90 Å². The molecule has 0 bridgehead atoms. The minimum absolute atomic E-state index is 0.181. The maximum absolute atomic E-state index is 12.9. The Morgan fingerprint density at radius 3 is 2.50 bits per heavy atom. The number of aryl methyl sites for hydroxylation is 2. The Morgan fingerprint density at radius 1 is 1.05 bits per heavy atom. The molecule has 0 radical (unpaired) electrons. The molecule has 0 saturated heterocycles. The minimum Gasteiger partial charge on any atom is -0.263 e. The van der Waals surface area contributed by atoms with Crippen molar-refractivity contribution in [3.8, 4) is 11.3 Å². The van der Waals surface area contributed by atoms with Gasteiger partial charge < -0.3 is 0 Å². The molecule has 5 heteroatoms. The van der Waals surface area contributed by atoms with Crippen molar-refractivity contribution in [3.63, 3.8) is 0 Å². The number of rotatable bonds is 3. The largest absolute Gasteiger partial charge is 0.269 e. The van der Waals surface area contributed by atoms with Crippen molar-refractivity contribution in [1.82, 2.24) is 8.96 Å². The maximum Gasteiger partial charge on any atom is 0.269 e. The fraction of sp³-hybridized carbons (Fsp3) is 0.118. The molecule has 0 unspecified atom stereocenters.